The second kappa shape index (κ2) is 7.84. The molecule has 136 valence electrons. The molecule has 0 aliphatic heterocycles. The Morgan fingerprint density at radius 3 is 1.78 bits per heavy atom. The van der Waals surface area contributed by atoms with Gasteiger partial charge in [-0.25, -0.2) is 0 Å². The van der Waals surface area contributed by atoms with Crippen LogP contribution in [0.3, 0.4) is 0 Å². The number of phenolic OH excluding ortho intramolecular Hbond substituents is 2. The van der Waals surface area contributed by atoms with Crippen molar-refractivity contribution in [2.24, 2.45) is 9.39 Å². The highest BCUT2D eigenvalue weighted by Gasteiger charge is 2.11. The van der Waals surface area contributed by atoms with Gasteiger partial charge in [-0.2, -0.15) is 12.8 Å². The van der Waals surface area contributed by atoms with Gasteiger partial charge in [0.25, 0.3) is 10.0 Å². The lowest BCUT2D eigenvalue weighted by Gasteiger charge is -2.01. The lowest BCUT2D eigenvalue weighted by Crippen LogP contribution is -1.97. The maximum absolute atomic E-state index is 12.3. The standard InChI is InChI=1S/C20H16N2O4S/c23-19-7-3-1-5-15(19)13-21-17-9-11-18(12-10-17)27(25,26)22-14-16-6-2-4-8-20(16)24/h1-14,23-24H. The predicted octanol–water partition coefficient (Wildman–Crippen LogP) is 3.66. The van der Waals surface area contributed by atoms with Gasteiger partial charge in [-0.1, -0.05) is 24.3 Å². The molecule has 3 aromatic rings. The summed E-state index contributed by atoms with van der Waals surface area (Å²) in [5.41, 5.74) is 1.40. The van der Waals surface area contributed by atoms with Gasteiger partial charge in [0.15, 0.2) is 0 Å². The van der Waals surface area contributed by atoms with Crippen LogP contribution in [0.5, 0.6) is 11.5 Å². The van der Waals surface area contributed by atoms with Crippen LogP contribution < -0.4 is 0 Å². The molecule has 0 atom stereocenters. The molecule has 0 unspecified atom stereocenters. The van der Waals surface area contributed by atoms with Crippen molar-refractivity contribution in [1.29, 1.82) is 0 Å². The topological polar surface area (TPSA) is 99.3 Å². The molecule has 0 aliphatic carbocycles. The van der Waals surface area contributed by atoms with E-state index in [0.717, 1.165) is 6.21 Å². The van der Waals surface area contributed by atoms with Gasteiger partial charge in [0.05, 0.1) is 16.8 Å². The Kier molecular flexibility index (Phi) is 5.33. The first kappa shape index (κ1) is 18.3. The van der Waals surface area contributed by atoms with Crippen LogP contribution in [0.4, 0.5) is 5.69 Å². The molecule has 27 heavy (non-hydrogen) atoms. The van der Waals surface area contributed by atoms with Crippen molar-refractivity contribution < 1.29 is 18.6 Å². The average Bonchev–Trinajstić information content (AvgIpc) is 2.67. The average molecular weight is 380 g/mol. The normalized spacial score (nSPS) is 12.0. The zero-order valence-electron chi connectivity index (χ0n) is 14.1. The van der Waals surface area contributed by atoms with Crippen molar-refractivity contribution in [3.05, 3.63) is 83.9 Å². The highest BCUT2D eigenvalue weighted by molar-refractivity contribution is 7.90. The molecule has 3 rings (SSSR count). The number of sulfonamides is 1. The van der Waals surface area contributed by atoms with E-state index in [1.807, 2.05) is 0 Å². The summed E-state index contributed by atoms with van der Waals surface area (Å²) in [4.78, 5) is 4.22. The van der Waals surface area contributed by atoms with E-state index in [4.69, 9.17) is 0 Å². The molecular formula is C20H16N2O4S. The molecule has 2 N–H and O–H groups in total. The molecule has 0 heterocycles. The number of hydrogen-bond donors (Lipinski definition) is 2. The van der Waals surface area contributed by atoms with E-state index in [0.29, 0.717) is 16.8 Å². The molecule has 0 radical (unpaired) electrons. The Hall–Kier alpha value is -3.45. The Bertz CT molecular complexity index is 1100. The Morgan fingerprint density at radius 2 is 1.22 bits per heavy atom. The minimum Gasteiger partial charge on any atom is -0.507 e. The molecule has 0 spiro atoms. The van der Waals surface area contributed by atoms with Gasteiger partial charge in [0, 0.05) is 17.3 Å². The number of aromatic hydroxyl groups is 2. The summed E-state index contributed by atoms with van der Waals surface area (Å²) in [6.07, 6.45) is 2.60. The molecule has 0 saturated heterocycles. The highest BCUT2D eigenvalue weighted by atomic mass is 32.2. The van der Waals surface area contributed by atoms with Crippen molar-refractivity contribution in [2.75, 3.05) is 0 Å². The summed E-state index contributed by atoms with van der Waals surface area (Å²) in [5, 5.41) is 19.4. The number of phenols is 2. The molecule has 0 saturated carbocycles. The Balaban J connectivity index is 1.78. The number of hydrogen-bond acceptors (Lipinski definition) is 5. The van der Waals surface area contributed by atoms with Gasteiger partial charge in [0.1, 0.15) is 11.5 Å². The monoisotopic (exact) mass is 380 g/mol. The van der Waals surface area contributed by atoms with Gasteiger partial charge in [-0.15, -0.1) is 0 Å². The number of aliphatic imine (C=N–C) groups is 1. The fourth-order valence-corrected chi connectivity index (χ4v) is 3.08. The largest absolute Gasteiger partial charge is 0.507 e. The fourth-order valence-electron chi connectivity index (χ4n) is 2.23. The fraction of sp³-hybridized carbons (Fsp3) is 0. The molecule has 0 aromatic heterocycles. The minimum absolute atomic E-state index is 0.00989. The summed E-state index contributed by atoms with van der Waals surface area (Å²) in [6.45, 7) is 0. The summed E-state index contributed by atoms with van der Waals surface area (Å²) in [6, 6.07) is 18.9. The molecular weight excluding hydrogens is 364 g/mol. The van der Waals surface area contributed by atoms with Gasteiger partial charge in [-0.05, 0) is 48.5 Å². The number of rotatable bonds is 5. The molecule has 0 amide bonds. The zero-order valence-corrected chi connectivity index (χ0v) is 14.9. The maximum Gasteiger partial charge on any atom is 0.282 e. The lowest BCUT2D eigenvalue weighted by atomic mass is 10.2. The lowest BCUT2D eigenvalue weighted by molar-refractivity contribution is 0.474. The second-order valence-corrected chi connectivity index (χ2v) is 7.21. The Morgan fingerprint density at radius 1 is 0.704 bits per heavy atom. The Labute approximate surface area is 156 Å². The molecule has 6 nitrogen and oxygen atoms in total. The number of nitrogens with zero attached hydrogens (tertiary/aromatic N) is 2. The van der Waals surface area contributed by atoms with Gasteiger partial charge in [-0.3, -0.25) is 4.99 Å². The van der Waals surface area contributed by atoms with Gasteiger partial charge >= 0.3 is 0 Å². The van der Waals surface area contributed by atoms with Crippen LogP contribution in [-0.4, -0.2) is 31.1 Å². The van der Waals surface area contributed by atoms with E-state index in [-0.39, 0.29) is 16.4 Å². The van der Waals surface area contributed by atoms with E-state index in [1.54, 1.807) is 54.6 Å². The third-order valence-electron chi connectivity index (χ3n) is 3.69. The smallest absolute Gasteiger partial charge is 0.282 e. The van der Waals surface area contributed by atoms with Crippen molar-refractivity contribution in [2.45, 2.75) is 4.90 Å². The summed E-state index contributed by atoms with van der Waals surface area (Å²) in [5.74, 6) is 0.0595. The molecule has 0 bridgehead atoms. The van der Waals surface area contributed by atoms with E-state index in [2.05, 4.69) is 9.39 Å². The number of para-hydroxylation sites is 2. The van der Waals surface area contributed by atoms with Crippen molar-refractivity contribution in [1.82, 2.24) is 0 Å². The molecule has 0 aliphatic rings. The van der Waals surface area contributed by atoms with Crippen LogP contribution in [0.1, 0.15) is 11.1 Å². The molecule has 3 aromatic carbocycles. The van der Waals surface area contributed by atoms with Crippen molar-refractivity contribution in [3.63, 3.8) is 0 Å². The van der Waals surface area contributed by atoms with Crippen LogP contribution in [-0.2, 0) is 10.0 Å². The van der Waals surface area contributed by atoms with Crippen LogP contribution in [0.15, 0.2) is 87.1 Å². The van der Waals surface area contributed by atoms with E-state index < -0.39 is 10.0 Å². The van der Waals surface area contributed by atoms with Crippen LogP contribution in [0, 0.1) is 0 Å². The maximum atomic E-state index is 12.3. The SMILES string of the molecule is O=S(=O)(N=Cc1ccccc1O)c1ccc(N=Cc2ccccc2O)cc1. The third-order valence-corrected chi connectivity index (χ3v) is 4.94. The van der Waals surface area contributed by atoms with Gasteiger partial charge in [0.2, 0.25) is 0 Å². The van der Waals surface area contributed by atoms with E-state index >= 15 is 0 Å². The number of benzene rings is 3. The van der Waals surface area contributed by atoms with E-state index in [9.17, 15) is 18.6 Å². The first-order valence-corrected chi connectivity index (χ1v) is 9.40. The summed E-state index contributed by atoms with van der Waals surface area (Å²) >= 11 is 0. The van der Waals surface area contributed by atoms with Crippen LogP contribution in [0.2, 0.25) is 0 Å². The molecule has 0 fully saturated rings. The van der Waals surface area contributed by atoms with Gasteiger partial charge < -0.3 is 10.2 Å². The quantitative estimate of drug-likeness (QED) is 0.660. The van der Waals surface area contributed by atoms with Crippen molar-refractivity contribution in [3.8, 4) is 11.5 Å². The van der Waals surface area contributed by atoms with Crippen molar-refractivity contribution >= 4 is 28.1 Å². The van der Waals surface area contributed by atoms with E-state index in [1.165, 1.54) is 24.4 Å². The van der Waals surface area contributed by atoms with Crippen LogP contribution >= 0.6 is 0 Å². The zero-order chi connectivity index (χ0) is 19.3. The second-order valence-electron chi connectivity index (χ2n) is 5.58. The summed E-state index contributed by atoms with van der Waals surface area (Å²) in [7, 11) is -3.90. The molecule has 7 heteroatoms. The first-order valence-electron chi connectivity index (χ1n) is 7.96. The predicted molar refractivity (Wildman–Crippen MR) is 105 cm³/mol. The highest BCUT2D eigenvalue weighted by Crippen LogP contribution is 2.20. The minimum atomic E-state index is -3.90. The van der Waals surface area contributed by atoms with Crippen LogP contribution in [0.25, 0.3) is 0 Å². The summed E-state index contributed by atoms with van der Waals surface area (Å²) < 4.78 is 28.2. The first-order chi connectivity index (χ1) is 13.0. The third kappa shape index (κ3) is 4.59.